The lowest BCUT2D eigenvalue weighted by Gasteiger charge is -2.21. The number of sulfonamides is 1. The lowest BCUT2D eigenvalue weighted by atomic mass is 10.1. The van der Waals surface area contributed by atoms with Crippen molar-refractivity contribution in [2.24, 2.45) is 0 Å². The highest BCUT2D eigenvalue weighted by Gasteiger charge is 2.33. The topological polar surface area (TPSA) is 119 Å². The fourth-order valence-electron chi connectivity index (χ4n) is 3.60. The van der Waals surface area contributed by atoms with E-state index < -0.39 is 21.1 Å². The van der Waals surface area contributed by atoms with Crippen molar-refractivity contribution in [1.82, 2.24) is 0 Å². The highest BCUT2D eigenvalue weighted by Crippen LogP contribution is 2.33. The second-order valence-corrected chi connectivity index (χ2v) is 8.63. The Morgan fingerprint density at radius 2 is 2.07 bits per heavy atom. The molecule has 0 radical (unpaired) electrons. The van der Waals surface area contributed by atoms with E-state index in [2.05, 4.69) is 4.72 Å². The summed E-state index contributed by atoms with van der Waals surface area (Å²) in [4.78, 5) is 24.4. The third-order valence-corrected chi connectivity index (χ3v) is 6.42. The Kier molecular flexibility index (Phi) is 4.97. The van der Waals surface area contributed by atoms with Gasteiger partial charge in [0, 0.05) is 31.0 Å². The second kappa shape index (κ2) is 7.45. The first-order valence-electron chi connectivity index (χ1n) is 9.18. The van der Waals surface area contributed by atoms with E-state index >= 15 is 0 Å². The molecule has 2 heterocycles. The van der Waals surface area contributed by atoms with Crippen LogP contribution in [-0.4, -0.2) is 38.5 Å². The lowest BCUT2D eigenvalue weighted by Crippen LogP contribution is -2.37. The van der Waals surface area contributed by atoms with Gasteiger partial charge in [0.25, 0.3) is 21.6 Å². The number of hydrogen-bond acceptors (Lipinski definition) is 6. The Morgan fingerprint density at radius 1 is 1.24 bits per heavy atom. The molecular formula is C19H19N3O6S. The zero-order valence-corrected chi connectivity index (χ0v) is 16.2. The van der Waals surface area contributed by atoms with E-state index in [4.69, 9.17) is 4.74 Å². The number of carbonyl (C=O) groups excluding carboxylic acids is 1. The van der Waals surface area contributed by atoms with Crippen LogP contribution in [0.1, 0.15) is 18.4 Å². The van der Waals surface area contributed by atoms with Crippen molar-refractivity contribution >= 4 is 33.0 Å². The summed E-state index contributed by atoms with van der Waals surface area (Å²) in [6, 6.07) is 9.85. The molecule has 2 aliphatic rings. The number of non-ortho nitro benzene ring substituents is 1. The second-order valence-electron chi connectivity index (χ2n) is 6.94. The number of hydrogen-bond donors (Lipinski definition) is 1. The molecule has 1 unspecified atom stereocenters. The SMILES string of the molecule is O=C(C1CCCO1)N1CCc2ccc(NS(=O)(=O)c3cccc([N+](=O)[O-])c3)cc21. The number of nitrogens with zero attached hydrogens (tertiary/aromatic N) is 2. The van der Waals surface area contributed by atoms with Gasteiger partial charge < -0.3 is 9.64 Å². The fraction of sp³-hybridized carbons (Fsp3) is 0.316. The van der Waals surface area contributed by atoms with Gasteiger partial charge in [0.15, 0.2) is 0 Å². The van der Waals surface area contributed by atoms with E-state index in [1.54, 1.807) is 23.1 Å². The summed E-state index contributed by atoms with van der Waals surface area (Å²) in [6.07, 6.45) is 1.77. The van der Waals surface area contributed by atoms with Crippen molar-refractivity contribution in [3.8, 4) is 0 Å². The summed E-state index contributed by atoms with van der Waals surface area (Å²) in [5.74, 6) is -0.111. The highest BCUT2D eigenvalue weighted by atomic mass is 32.2. The molecule has 4 rings (SSSR count). The third-order valence-electron chi connectivity index (χ3n) is 5.04. The number of carbonyl (C=O) groups is 1. The normalized spacial score (nSPS) is 18.5. The average Bonchev–Trinajstić information content (AvgIpc) is 3.37. The Hall–Kier alpha value is -2.98. The molecule has 1 saturated heterocycles. The molecule has 0 aliphatic carbocycles. The standard InChI is InChI=1S/C19H19N3O6S/c23-19(18-5-2-10-28-18)21-9-8-13-6-7-14(11-17(13)21)20-29(26,27)16-4-1-3-15(12-16)22(24)25/h1,3-4,6-7,11-12,18,20H,2,5,8-10H2. The lowest BCUT2D eigenvalue weighted by molar-refractivity contribution is -0.385. The Bertz CT molecular complexity index is 1080. The van der Waals surface area contributed by atoms with Crippen LogP contribution in [0.15, 0.2) is 47.4 Å². The summed E-state index contributed by atoms with van der Waals surface area (Å²) in [6.45, 7) is 1.09. The van der Waals surface area contributed by atoms with Crippen molar-refractivity contribution in [2.75, 3.05) is 22.8 Å². The van der Waals surface area contributed by atoms with Crippen molar-refractivity contribution < 1.29 is 22.9 Å². The van der Waals surface area contributed by atoms with Gasteiger partial charge in [-0.1, -0.05) is 12.1 Å². The summed E-state index contributed by atoms with van der Waals surface area (Å²) in [7, 11) is -4.02. The van der Waals surface area contributed by atoms with Gasteiger partial charge in [-0.3, -0.25) is 19.6 Å². The first-order chi connectivity index (χ1) is 13.8. The molecule has 0 saturated carbocycles. The monoisotopic (exact) mass is 417 g/mol. The van der Waals surface area contributed by atoms with Crippen LogP contribution in [-0.2, 0) is 26.0 Å². The molecule has 2 aliphatic heterocycles. The van der Waals surface area contributed by atoms with Gasteiger partial charge in [0.2, 0.25) is 0 Å². The number of amides is 1. The first-order valence-corrected chi connectivity index (χ1v) is 10.7. The summed E-state index contributed by atoms with van der Waals surface area (Å²) in [5, 5.41) is 10.9. The fourth-order valence-corrected chi connectivity index (χ4v) is 4.68. The average molecular weight is 417 g/mol. The van der Waals surface area contributed by atoms with Crippen molar-refractivity contribution in [3.63, 3.8) is 0 Å². The minimum atomic E-state index is -4.02. The first kappa shape index (κ1) is 19.3. The number of nitrogens with one attached hydrogen (secondary N) is 1. The molecule has 152 valence electrons. The Morgan fingerprint density at radius 3 is 2.79 bits per heavy atom. The van der Waals surface area contributed by atoms with Crippen LogP contribution in [0.2, 0.25) is 0 Å². The van der Waals surface area contributed by atoms with E-state index in [1.165, 1.54) is 18.2 Å². The predicted molar refractivity (Wildman–Crippen MR) is 105 cm³/mol. The van der Waals surface area contributed by atoms with E-state index in [0.717, 1.165) is 18.1 Å². The molecule has 0 bridgehead atoms. The van der Waals surface area contributed by atoms with Gasteiger partial charge in [-0.25, -0.2) is 8.42 Å². The molecule has 1 amide bonds. The van der Waals surface area contributed by atoms with Crippen molar-refractivity contribution in [3.05, 3.63) is 58.1 Å². The number of fused-ring (bicyclic) bond motifs is 1. The van der Waals surface area contributed by atoms with Gasteiger partial charge in [-0.05, 0) is 43.0 Å². The maximum atomic E-state index is 12.7. The molecule has 1 N–H and O–H groups in total. The molecule has 2 aromatic carbocycles. The van der Waals surface area contributed by atoms with Crippen LogP contribution in [0.25, 0.3) is 0 Å². The quantitative estimate of drug-likeness (QED) is 0.590. The molecule has 10 heteroatoms. The smallest absolute Gasteiger partial charge is 0.270 e. The van der Waals surface area contributed by atoms with Gasteiger partial charge in [-0.2, -0.15) is 0 Å². The molecule has 0 aromatic heterocycles. The molecule has 1 atom stereocenters. The molecule has 29 heavy (non-hydrogen) atoms. The van der Waals surface area contributed by atoms with Crippen molar-refractivity contribution in [2.45, 2.75) is 30.3 Å². The number of ether oxygens (including phenoxy) is 1. The molecule has 2 aromatic rings. The largest absolute Gasteiger partial charge is 0.368 e. The maximum Gasteiger partial charge on any atom is 0.270 e. The number of rotatable bonds is 5. The number of nitro benzene ring substituents is 1. The van der Waals surface area contributed by atoms with Crippen molar-refractivity contribution in [1.29, 1.82) is 0 Å². The highest BCUT2D eigenvalue weighted by molar-refractivity contribution is 7.92. The van der Waals surface area contributed by atoms with E-state index in [9.17, 15) is 23.3 Å². The van der Waals surface area contributed by atoms with Gasteiger partial charge in [-0.15, -0.1) is 0 Å². The van der Waals surface area contributed by atoms with Gasteiger partial charge in [0.05, 0.1) is 15.5 Å². The Labute approximate surface area is 167 Å². The van der Waals surface area contributed by atoms with E-state index in [-0.39, 0.29) is 22.2 Å². The zero-order chi connectivity index (χ0) is 20.6. The molecule has 0 spiro atoms. The molecule has 1 fully saturated rings. The van der Waals surface area contributed by atoms with Crippen LogP contribution in [0.5, 0.6) is 0 Å². The number of benzene rings is 2. The minimum Gasteiger partial charge on any atom is -0.368 e. The Balaban J connectivity index is 1.59. The van der Waals surface area contributed by atoms with Crippen LogP contribution in [0.3, 0.4) is 0 Å². The minimum absolute atomic E-state index is 0.111. The van der Waals surface area contributed by atoms with Gasteiger partial charge in [0.1, 0.15) is 6.10 Å². The summed E-state index contributed by atoms with van der Waals surface area (Å²) < 4.78 is 33.3. The van der Waals surface area contributed by atoms with Crippen LogP contribution in [0.4, 0.5) is 17.1 Å². The zero-order valence-electron chi connectivity index (χ0n) is 15.4. The van der Waals surface area contributed by atoms with E-state index in [0.29, 0.717) is 31.7 Å². The molecule has 9 nitrogen and oxygen atoms in total. The predicted octanol–water partition coefficient (Wildman–Crippen LogP) is 2.46. The van der Waals surface area contributed by atoms with Gasteiger partial charge >= 0.3 is 0 Å². The van der Waals surface area contributed by atoms with Crippen LogP contribution < -0.4 is 9.62 Å². The van der Waals surface area contributed by atoms with Crippen LogP contribution >= 0.6 is 0 Å². The summed E-state index contributed by atoms with van der Waals surface area (Å²) >= 11 is 0. The number of anilines is 2. The maximum absolute atomic E-state index is 12.7. The number of nitro groups is 1. The molecular weight excluding hydrogens is 398 g/mol. The van der Waals surface area contributed by atoms with E-state index in [1.807, 2.05) is 0 Å². The van der Waals surface area contributed by atoms with Crippen LogP contribution in [0, 0.1) is 10.1 Å². The summed E-state index contributed by atoms with van der Waals surface area (Å²) in [5.41, 5.74) is 1.58. The third kappa shape index (κ3) is 3.81.